The summed E-state index contributed by atoms with van der Waals surface area (Å²) in [5, 5.41) is 0. The molecule has 1 heteroatoms. The zero-order valence-electron chi connectivity index (χ0n) is 15.6. The van der Waals surface area contributed by atoms with Gasteiger partial charge in [0.05, 0.1) is 0 Å². The van der Waals surface area contributed by atoms with E-state index in [2.05, 4.69) is 57.2 Å². The summed E-state index contributed by atoms with van der Waals surface area (Å²) in [6.07, 6.45) is 18.2. The number of halogens is 1. The molecule has 0 heterocycles. The summed E-state index contributed by atoms with van der Waals surface area (Å²) in [5.74, 6) is 0. The summed E-state index contributed by atoms with van der Waals surface area (Å²) in [6, 6.07) is 0. The maximum atomic E-state index is 2.92. The van der Waals surface area contributed by atoms with E-state index in [1.54, 1.807) is 0 Å². The first kappa shape index (κ1) is 21.7. The summed E-state index contributed by atoms with van der Waals surface area (Å²) >= 11 is 2.92. The van der Waals surface area contributed by atoms with Gasteiger partial charge in [0, 0.05) is 3.42 Å². The normalized spacial score (nSPS) is 12.9. The SMILES string of the molecule is CCCCC(I)(CCCC)C(CC)(CCCC)CCCC. The number of hydrogen-bond acceptors (Lipinski definition) is 0. The lowest BCUT2D eigenvalue weighted by Crippen LogP contribution is -2.43. The lowest BCUT2D eigenvalue weighted by atomic mass is 9.64. The molecule has 0 bridgehead atoms. The molecule has 0 radical (unpaired) electrons. The Bertz CT molecular complexity index is 218. The number of rotatable bonds is 14. The number of unbranched alkanes of at least 4 members (excludes halogenated alkanes) is 4. The molecule has 128 valence electrons. The molecular formula is C20H41I. The van der Waals surface area contributed by atoms with Gasteiger partial charge in [-0.2, -0.15) is 0 Å². The Labute approximate surface area is 149 Å². The van der Waals surface area contributed by atoms with Crippen molar-refractivity contribution in [2.24, 2.45) is 5.41 Å². The third kappa shape index (κ3) is 6.79. The Balaban J connectivity index is 5.26. The van der Waals surface area contributed by atoms with E-state index in [9.17, 15) is 0 Å². The first-order valence-corrected chi connectivity index (χ1v) is 10.8. The van der Waals surface area contributed by atoms with Crippen molar-refractivity contribution in [2.75, 3.05) is 0 Å². The Morgan fingerprint density at radius 3 is 1.19 bits per heavy atom. The molecule has 0 spiro atoms. The van der Waals surface area contributed by atoms with Gasteiger partial charge in [-0.25, -0.2) is 0 Å². The van der Waals surface area contributed by atoms with Crippen LogP contribution in [0.2, 0.25) is 0 Å². The molecular weight excluding hydrogens is 367 g/mol. The second-order valence-electron chi connectivity index (χ2n) is 7.01. The molecule has 0 aromatic heterocycles. The molecule has 0 saturated heterocycles. The molecule has 0 aliphatic rings. The van der Waals surface area contributed by atoms with Crippen molar-refractivity contribution in [1.82, 2.24) is 0 Å². The fraction of sp³-hybridized carbons (Fsp3) is 1.00. The highest BCUT2D eigenvalue weighted by Crippen LogP contribution is 2.54. The van der Waals surface area contributed by atoms with E-state index in [4.69, 9.17) is 0 Å². The van der Waals surface area contributed by atoms with Gasteiger partial charge < -0.3 is 0 Å². The van der Waals surface area contributed by atoms with Gasteiger partial charge in [-0.05, 0) is 37.5 Å². The minimum atomic E-state index is 0.538. The Morgan fingerprint density at radius 1 is 0.571 bits per heavy atom. The van der Waals surface area contributed by atoms with Crippen LogP contribution in [-0.2, 0) is 0 Å². The average Bonchev–Trinajstić information content (AvgIpc) is 2.51. The van der Waals surface area contributed by atoms with E-state index < -0.39 is 0 Å². The maximum absolute atomic E-state index is 2.92. The molecule has 0 unspecified atom stereocenters. The summed E-state index contributed by atoms with van der Waals surface area (Å²) < 4.78 is 0.538. The van der Waals surface area contributed by atoms with Crippen LogP contribution in [0.1, 0.15) is 118 Å². The third-order valence-electron chi connectivity index (χ3n) is 5.50. The molecule has 0 aliphatic carbocycles. The predicted molar refractivity (Wildman–Crippen MR) is 108 cm³/mol. The lowest BCUT2D eigenvalue weighted by molar-refractivity contribution is 0.133. The van der Waals surface area contributed by atoms with E-state index in [0.29, 0.717) is 8.84 Å². The highest BCUT2D eigenvalue weighted by atomic mass is 127. The summed E-state index contributed by atoms with van der Waals surface area (Å²) in [5.41, 5.74) is 0.587. The van der Waals surface area contributed by atoms with Gasteiger partial charge in [-0.15, -0.1) is 0 Å². The Kier molecular flexibility index (Phi) is 12.6. The minimum absolute atomic E-state index is 0.538. The van der Waals surface area contributed by atoms with Crippen LogP contribution in [0.25, 0.3) is 0 Å². The number of hydrogen-bond donors (Lipinski definition) is 0. The van der Waals surface area contributed by atoms with Gasteiger partial charge in [-0.3, -0.25) is 0 Å². The standard InChI is InChI=1S/C20H41I/c1-6-11-15-19(10-5,16-12-7-2)20(21,17-13-8-3)18-14-9-4/h6-18H2,1-5H3. The van der Waals surface area contributed by atoms with Gasteiger partial charge in [0.1, 0.15) is 0 Å². The quantitative estimate of drug-likeness (QED) is 0.200. The van der Waals surface area contributed by atoms with Crippen LogP contribution in [-0.4, -0.2) is 3.42 Å². The molecule has 0 N–H and O–H groups in total. The fourth-order valence-corrected chi connectivity index (χ4v) is 5.53. The second-order valence-corrected chi connectivity index (χ2v) is 9.08. The number of alkyl halides is 1. The molecule has 0 atom stereocenters. The van der Waals surface area contributed by atoms with Crippen LogP contribution in [0, 0.1) is 5.41 Å². The van der Waals surface area contributed by atoms with Crippen LogP contribution < -0.4 is 0 Å². The Hall–Kier alpha value is 0.730. The van der Waals surface area contributed by atoms with Gasteiger partial charge in [0.15, 0.2) is 0 Å². The van der Waals surface area contributed by atoms with Crippen LogP contribution in [0.15, 0.2) is 0 Å². The van der Waals surface area contributed by atoms with E-state index >= 15 is 0 Å². The molecule has 0 fully saturated rings. The molecule has 0 saturated carbocycles. The summed E-state index contributed by atoms with van der Waals surface area (Å²) in [7, 11) is 0. The maximum Gasteiger partial charge on any atom is 0.0278 e. The van der Waals surface area contributed by atoms with E-state index in [-0.39, 0.29) is 0 Å². The van der Waals surface area contributed by atoms with Gasteiger partial charge in [-0.1, -0.05) is 109 Å². The van der Waals surface area contributed by atoms with E-state index in [0.717, 1.165) is 0 Å². The first-order valence-electron chi connectivity index (χ1n) is 9.74. The summed E-state index contributed by atoms with van der Waals surface area (Å²) in [6.45, 7) is 11.9. The topological polar surface area (TPSA) is 0 Å². The smallest absolute Gasteiger partial charge is 0.0278 e. The lowest BCUT2D eigenvalue weighted by Gasteiger charge is -2.49. The first-order chi connectivity index (χ1) is 10.1. The second kappa shape index (κ2) is 12.2. The van der Waals surface area contributed by atoms with Gasteiger partial charge in [0.25, 0.3) is 0 Å². The molecule has 0 aromatic rings. The van der Waals surface area contributed by atoms with Crippen molar-refractivity contribution in [3.63, 3.8) is 0 Å². The molecule has 0 rings (SSSR count). The molecule has 0 amide bonds. The molecule has 0 aliphatic heterocycles. The zero-order chi connectivity index (χ0) is 16.2. The molecule has 0 nitrogen and oxygen atoms in total. The van der Waals surface area contributed by atoms with Crippen molar-refractivity contribution < 1.29 is 0 Å². The van der Waals surface area contributed by atoms with Gasteiger partial charge >= 0.3 is 0 Å². The minimum Gasteiger partial charge on any atom is -0.0783 e. The van der Waals surface area contributed by atoms with Crippen molar-refractivity contribution in [2.45, 2.75) is 122 Å². The van der Waals surface area contributed by atoms with Crippen molar-refractivity contribution in [3.05, 3.63) is 0 Å². The van der Waals surface area contributed by atoms with Crippen molar-refractivity contribution in [3.8, 4) is 0 Å². The predicted octanol–water partition coefficient (Wildman–Crippen LogP) is 8.32. The van der Waals surface area contributed by atoms with Crippen molar-refractivity contribution in [1.29, 1.82) is 0 Å². The van der Waals surface area contributed by atoms with Crippen molar-refractivity contribution >= 4 is 22.6 Å². The average molecular weight is 408 g/mol. The highest BCUT2D eigenvalue weighted by molar-refractivity contribution is 14.1. The summed E-state index contributed by atoms with van der Waals surface area (Å²) in [4.78, 5) is 0. The molecule has 21 heavy (non-hydrogen) atoms. The largest absolute Gasteiger partial charge is 0.0783 e. The zero-order valence-corrected chi connectivity index (χ0v) is 17.7. The van der Waals surface area contributed by atoms with Crippen LogP contribution >= 0.6 is 22.6 Å². The highest BCUT2D eigenvalue weighted by Gasteiger charge is 2.45. The van der Waals surface area contributed by atoms with Crippen LogP contribution in [0.5, 0.6) is 0 Å². The molecule has 0 aromatic carbocycles. The van der Waals surface area contributed by atoms with Gasteiger partial charge in [0.2, 0.25) is 0 Å². The van der Waals surface area contributed by atoms with Crippen LogP contribution in [0.3, 0.4) is 0 Å². The monoisotopic (exact) mass is 408 g/mol. The Morgan fingerprint density at radius 2 is 0.905 bits per heavy atom. The third-order valence-corrected chi connectivity index (χ3v) is 7.72. The van der Waals surface area contributed by atoms with Crippen LogP contribution in [0.4, 0.5) is 0 Å². The van der Waals surface area contributed by atoms with E-state index in [1.807, 2.05) is 0 Å². The van der Waals surface area contributed by atoms with E-state index in [1.165, 1.54) is 83.5 Å². The fourth-order valence-electron chi connectivity index (χ4n) is 3.84.